The minimum atomic E-state index is -0.0639. The Hall–Kier alpha value is -2.73. The average Bonchev–Trinajstić information content (AvgIpc) is 3.09. The first-order valence-corrected chi connectivity index (χ1v) is 7.58. The second kappa shape index (κ2) is 5.81. The van der Waals surface area contributed by atoms with Crippen molar-refractivity contribution in [3.05, 3.63) is 70.3 Å². The summed E-state index contributed by atoms with van der Waals surface area (Å²) in [6, 6.07) is 9.71. The average molecular weight is 308 g/mol. The van der Waals surface area contributed by atoms with Gasteiger partial charge in [-0.25, -0.2) is 9.97 Å². The van der Waals surface area contributed by atoms with Gasteiger partial charge in [-0.1, -0.05) is 30.3 Å². The molecular weight excluding hydrogens is 292 g/mol. The zero-order valence-electron chi connectivity index (χ0n) is 12.5. The van der Waals surface area contributed by atoms with Gasteiger partial charge in [0.2, 0.25) is 5.89 Å². The summed E-state index contributed by atoms with van der Waals surface area (Å²) in [4.78, 5) is 26.3. The minimum Gasteiger partial charge on any atom is -0.448 e. The molecule has 1 N–H and O–H groups in total. The van der Waals surface area contributed by atoms with Crippen molar-refractivity contribution in [1.29, 1.82) is 0 Å². The maximum atomic E-state index is 12.4. The molecule has 3 heterocycles. The largest absolute Gasteiger partial charge is 0.448 e. The summed E-state index contributed by atoms with van der Waals surface area (Å²) in [5.74, 6) is 1.30. The molecule has 0 radical (unpaired) electrons. The first kappa shape index (κ1) is 13.9. The summed E-state index contributed by atoms with van der Waals surface area (Å²) in [6.45, 7) is 2.00. The van der Waals surface area contributed by atoms with E-state index in [-0.39, 0.29) is 5.56 Å². The van der Waals surface area contributed by atoms with Crippen LogP contribution in [0.5, 0.6) is 0 Å². The minimum absolute atomic E-state index is 0.0639. The molecular formula is C17H16N4O2. The van der Waals surface area contributed by atoms with E-state index in [1.54, 1.807) is 12.5 Å². The monoisotopic (exact) mass is 308 g/mol. The fourth-order valence-electron chi connectivity index (χ4n) is 2.87. The van der Waals surface area contributed by atoms with Crippen molar-refractivity contribution in [2.75, 3.05) is 6.54 Å². The van der Waals surface area contributed by atoms with Gasteiger partial charge < -0.3 is 9.40 Å². The number of aromatic nitrogens is 3. The predicted octanol–water partition coefficient (Wildman–Crippen LogP) is 1.98. The molecule has 0 aliphatic carbocycles. The van der Waals surface area contributed by atoms with Gasteiger partial charge in [0, 0.05) is 25.1 Å². The Kier molecular flexibility index (Phi) is 3.51. The van der Waals surface area contributed by atoms with E-state index in [1.807, 2.05) is 30.3 Å². The number of rotatable bonds is 3. The molecule has 2 aromatic heterocycles. The van der Waals surface area contributed by atoms with Gasteiger partial charge in [-0.3, -0.25) is 9.69 Å². The Labute approximate surface area is 132 Å². The normalized spacial score (nSPS) is 14.6. The zero-order chi connectivity index (χ0) is 15.6. The zero-order valence-corrected chi connectivity index (χ0v) is 12.5. The van der Waals surface area contributed by atoms with Gasteiger partial charge in [0.1, 0.15) is 12.1 Å². The van der Waals surface area contributed by atoms with Crippen LogP contribution in [-0.2, 0) is 19.5 Å². The second-order valence-electron chi connectivity index (χ2n) is 5.59. The van der Waals surface area contributed by atoms with E-state index in [1.165, 1.54) is 0 Å². The highest BCUT2D eigenvalue weighted by atomic mass is 16.3. The predicted molar refractivity (Wildman–Crippen MR) is 84.6 cm³/mol. The van der Waals surface area contributed by atoms with Crippen molar-refractivity contribution in [3.8, 4) is 11.4 Å². The lowest BCUT2D eigenvalue weighted by molar-refractivity contribution is 0.218. The van der Waals surface area contributed by atoms with E-state index in [4.69, 9.17) is 4.42 Å². The van der Waals surface area contributed by atoms with Gasteiger partial charge in [0.25, 0.3) is 5.56 Å². The van der Waals surface area contributed by atoms with Crippen molar-refractivity contribution in [3.63, 3.8) is 0 Å². The summed E-state index contributed by atoms with van der Waals surface area (Å²) in [5, 5.41) is 0. The first-order chi connectivity index (χ1) is 11.3. The molecule has 3 aromatic rings. The van der Waals surface area contributed by atoms with Crippen LogP contribution in [0.25, 0.3) is 11.4 Å². The van der Waals surface area contributed by atoms with Crippen LogP contribution in [0.2, 0.25) is 0 Å². The van der Waals surface area contributed by atoms with Crippen molar-refractivity contribution in [2.45, 2.75) is 19.5 Å². The topological polar surface area (TPSA) is 75.0 Å². The summed E-state index contributed by atoms with van der Waals surface area (Å²) < 4.78 is 5.28. The van der Waals surface area contributed by atoms with Gasteiger partial charge >= 0.3 is 0 Å². The molecule has 0 spiro atoms. The number of nitrogens with zero attached hydrogens (tertiary/aromatic N) is 3. The Balaban J connectivity index is 1.62. The highest BCUT2D eigenvalue weighted by Gasteiger charge is 2.22. The van der Waals surface area contributed by atoms with Crippen LogP contribution in [0.1, 0.15) is 17.1 Å². The van der Waals surface area contributed by atoms with Crippen molar-refractivity contribution >= 4 is 0 Å². The molecule has 0 saturated heterocycles. The molecule has 1 aliphatic heterocycles. The third-order valence-corrected chi connectivity index (χ3v) is 4.04. The second-order valence-corrected chi connectivity index (χ2v) is 5.59. The smallest absolute Gasteiger partial charge is 0.255 e. The molecule has 1 aromatic carbocycles. The molecule has 0 amide bonds. The molecule has 1 aliphatic rings. The third-order valence-electron chi connectivity index (χ3n) is 4.04. The maximum absolute atomic E-state index is 12.4. The van der Waals surface area contributed by atoms with Gasteiger partial charge in [-0.2, -0.15) is 0 Å². The lowest BCUT2D eigenvalue weighted by Crippen LogP contribution is -2.35. The molecule has 0 unspecified atom stereocenters. The molecule has 6 heteroatoms. The van der Waals surface area contributed by atoms with E-state index < -0.39 is 0 Å². The maximum Gasteiger partial charge on any atom is 0.255 e. The molecule has 6 nitrogen and oxygen atoms in total. The number of hydrogen-bond acceptors (Lipinski definition) is 5. The molecule has 0 saturated carbocycles. The van der Waals surface area contributed by atoms with Crippen LogP contribution < -0.4 is 5.56 Å². The number of H-pyrrole nitrogens is 1. The Bertz CT molecular complexity index is 856. The van der Waals surface area contributed by atoms with Crippen LogP contribution in [0.3, 0.4) is 0 Å². The van der Waals surface area contributed by atoms with Gasteiger partial charge in [0.15, 0.2) is 0 Å². The van der Waals surface area contributed by atoms with E-state index in [0.717, 1.165) is 29.8 Å². The van der Waals surface area contributed by atoms with Crippen LogP contribution in [0.15, 0.2) is 52.0 Å². The number of nitrogens with one attached hydrogen (secondary N) is 1. The lowest BCUT2D eigenvalue weighted by Gasteiger charge is -2.26. The van der Waals surface area contributed by atoms with Crippen molar-refractivity contribution < 1.29 is 4.42 Å². The molecule has 0 atom stereocenters. The molecule has 0 fully saturated rings. The first-order valence-electron chi connectivity index (χ1n) is 7.58. The highest BCUT2D eigenvalue weighted by Crippen LogP contribution is 2.19. The van der Waals surface area contributed by atoms with E-state index in [0.29, 0.717) is 24.8 Å². The fraction of sp³-hybridized carbons (Fsp3) is 0.235. The summed E-state index contributed by atoms with van der Waals surface area (Å²) in [6.07, 6.45) is 3.95. The number of fused-ring (bicyclic) bond motifs is 1. The van der Waals surface area contributed by atoms with Crippen LogP contribution in [0.4, 0.5) is 0 Å². The van der Waals surface area contributed by atoms with Crippen LogP contribution >= 0.6 is 0 Å². The lowest BCUT2D eigenvalue weighted by atomic mass is 10.1. The molecule has 116 valence electrons. The van der Waals surface area contributed by atoms with Gasteiger partial charge in [-0.15, -0.1) is 0 Å². The Morgan fingerprint density at radius 2 is 2.13 bits per heavy atom. The Morgan fingerprint density at radius 3 is 2.91 bits per heavy atom. The van der Waals surface area contributed by atoms with Crippen LogP contribution in [-0.4, -0.2) is 26.4 Å². The molecule has 0 bridgehead atoms. The van der Waals surface area contributed by atoms with E-state index in [2.05, 4.69) is 19.9 Å². The summed E-state index contributed by atoms with van der Waals surface area (Å²) >= 11 is 0. The van der Waals surface area contributed by atoms with Gasteiger partial charge in [0.05, 0.1) is 24.0 Å². The molecule has 23 heavy (non-hydrogen) atoms. The van der Waals surface area contributed by atoms with Gasteiger partial charge in [-0.05, 0) is 0 Å². The number of benzene rings is 1. The van der Waals surface area contributed by atoms with Crippen molar-refractivity contribution in [2.24, 2.45) is 0 Å². The highest BCUT2D eigenvalue weighted by molar-refractivity contribution is 5.54. The quantitative estimate of drug-likeness (QED) is 0.801. The van der Waals surface area contributed by atoms with E-state index >= 15 is 0 Å². The third kappa shape index (κ3) is 2.80. The summed E-state index contributed by atoms with van der Waals surface area (Å²) in [7, 11) is 0. The SMILES string of the molecule is O=c1[nH]c(-c2ccccc2)nc2c1CN(Cc1ncco1)CC2. The number of hydrogen-bond donors (Lipinski definition) is 1. The molecule has 4 rings (SSSR count). The van der Waals surface area contributed by atoms with Crippen molar-refractivity contribution in [1.82, 2.24) is 19.9 Å². The van der Waals surface area contributed by atoms with Crippen LogP contribution in [0, 0.1) is 0 Å². The van der Waals surface area contributed by atoms with E-state index in [9.17, 15) is 4.79 Å². The number of oxazole rings is 1. The Morgan fingerprint density at radius 1 is 1.26 bits per heavy atom. The number of aromatic amines is 1. The summed E-state index contributed by atoms with van der Waals surface area (Å²) in [5.41, 5.74) is 2.49. The standard InChI is InChI=1S/C17H16N4O2/c22-17-13-10-21(11-15-18-7-9-23-15)8-6-14(13)19-16(20-17)12-4-2-1-3-5-12/h1-5,7,9H,6,8,10-11H2,(H,19,20,22). The fourth-order valence-corrected chi connectivity index (χ4v) is 2.87.